The summed E-state index contributed by atoms with van der Waals surface area (Å²) >= 11 is 0. The first-order chi connectivity index (χ1) is 3.91. The number of nitrogens with zero attached hydrogens (tertiary/aromatic N) is 1. The van der Waals surface area contributed by atoms with Gasteiger partial charge in [-0.15, -0.1) is 5.73 Å². The zero-order valence-electron chi connectivity index (χ0n) is 4.96. The van der Waals surface area contributed by atoms with E-state index in [0.717, 1.165) is 0 Å². The molecule has 0 aliphatic carbocycles. The zero-order valence-corrected chi connectivity index (χ0v) is 4.96. The van der Waals surface area contributed by atoms with Gasteiger partial charge in [-0.3, -0.25) is 4.99 Å². The second kappa shape index (κ2) is 5.93. The number of aliphatic imine (C=N–C) groups is 1. The maximum atomic E-state index is 3.80. The van der Waals surface area contributed by atoms with Gasteiger partial charge in [-0.1, -0.05) is 6.58 Å². The normalized spacial score (nSPS) is 10.1. The second-order valence-electron chi connectivity index (χ2n) is 1.12. The topological polar surface area (TPSA) is 12.4 Å². The first kappa shape index (κ1) is 6.93. The van der Waals surface area contributed by atoms with Crippen LogP contribution in [0.4, 0.5) is 0 Å². The summed E-state index contributed by atoms with van der Waals surface area (Å²) in [4.78, 5) is 3.80. The van der Waals surface area contributed by atoms with Crippen LogP contribution in [-0.2, 0) is 0 Å². The van der Waals surface area contributed by atoms with E-state index >= 15 is 0 Å². The summed E-state index contributed by atoms with van der Waals surface area (Å²) in [5, 5.41) is 0. The van der Waals surface area contributed by atoms with Crippen LogP contribution >= 0.6 is 0 Å². The highest BCUT2D eigenvalue weighted by atomic mass is 14.6. The van der Waals surface area contributed by atoms with Crippen LogP contribution in [0, 0.1) is 0 Å². The van der Waals surface area contributed by atoms with Crippen LogP contribution in [0.15, 0.2) is 35.7 Å². The Labute approximate surface area is 49.8 Å². The Morgan fingerprint density at radius 2 is 2.38 bits per heavy atom. The van der Waals surface area contributed by atoms with E-state index in [0.29, 0.717) is 0 Å². The van der Waals surface area contributed by atoms with Crippen molar-refractivity contribution in [3.05, 3.63) is 30.7 Å². The summed E-state index contributed by atoms with van der Waals surface area (Å²) < 4.78 is 0. The van der Waals surface area contributed by atoms with Crippen molar-refractivity contribution in [2.24, 2.45) is 4.99 Å². The summed E-state index contributed by atoms with van der Waals surface area (Å²) in [5.74, 6) is 0. The Morgan fingerprint density at radius 1 is 1.62 bits per heavy atom. The summed E-state index contributed by atoms with van der Waals surface area (Å²) in [6.07, 6.45) is 6.87. The summed E-state index contributed by atoms with van der Waals surface area (Å²) in [6.45, 7) is 5.24. The molecule has 0 rings (SSSR count). The van der Waals surface area contributed by atoms with Gasteiger partial charge in [0.25, 0.3) is 0 Å². The van der Waals surface area contributed by atoms with Gasteiger partial charge in [-0.05, 0) is 19.1 Å². The zero-order chi connectivity index (χ0) is 6.24. The maximum Gasteiger partial charge on any atom is 0.0269 e. The van der Waals surface area contributed by atoms with Crippen LogP contribution in [-0.4, -0.2) is 6.21 Å². The van der Waals surface area contributed by atoms with Crippen LogP contribution < -0.4 is 0 Å². The molecule has 1 heteroatoms. The van der Waals surface area contributed by atoms with E-state index in [4.69, 9.17) is 0 Å². The Kier molecular flexibility index (Phi) is 5.14. The molecule has 42 valence electrons. The summed E-state index contributed by atoms with van der Waals surface area (Å²) in [5.41, 5.74) is 2.59. The van der Waals surface area contributed by atoms with Crippen molar-refractivity contribution >= 4 is 6.21 Å². The quantitative estimate of drug-likeness (QED) is 0.290. The first-order valence-corrected chi connectivity index (χ1v) is 2.40. The standard InChI is InChI=1S/C7H9N/c1-3-5-6-7-8-4-2/h4-7H,1H2,2H3/b7-6-,8-4?. The molecule has 0 aromatic rings. The van der Waals surface area contributed by atoms with E-state index < -0.39 is 0 Å². The third kappa shape index (κ3) is 4.93. The highest BCUT2D eigenvalue weighted by Gasteiger charge is 1.53. The van der Waals surface area contributed by atoms with Crippen LogP contribution in [0.25, 0.3) is 0 Å². The fourth-order valence-corrected chi connectivity index (χ4v) is 0.247. The van der Waals surface area contributed by atoms with E-state index in [1.807, 2.05) is 6.92 Å². The largest absolute Gasteiger partial charge is 0.269 e. The molecule has 8 heavy (non-hydrogen) atoms. The van der Waals surface area contributed by atoms with E-state index in [1.165, 1.54) is 0 Å². The molecular weight excluding hydrogens is 98.1 g/mol. The lowest BCUT2D eigenvalue weighted by Crippen LogP contribution is -1.51. The number of hydrogen-bond donors (Lipinski definition) is 0. The molecule has 0 atom stereocenters. The lowest BCUT2D eigenvalue weighted by molar-refractivity contribution is 1.58. The Hall–Kier alpha value is -1.07. The Balaban J connectivity index is 3.50. The fourth-order valence-electron chi connectivity index (χ4n) is 0.247. The molecule has 0 fully saturated rings. The van der Waals surface area contributed by atoms with Crippen molar-refractivity contribution < 1.29 is 0 Å². The molecular formula is C7H9N. The second-order valence-corrected chi connectivity index (χ2v) is 1.12. The van der Waals surface area contributed by atoms with Gasteiger partial charge in [-0.25, -0.2) is 0 Å². The van der Waals surface area contributed by atoms with Gasteiger partial charge in [0, 0.05) is 12.4 Å². The summed E-state index contributed by atoms with van der Waals surface area (Å²) in [6, 6.07) is 0. The molecule has 0 saturated carbocycles. The van der Waals surface area contributed by atoms with Crippen LogP contribution in [0.5, 0.6) is 0 Å². The number of allylic oxidation sites excluding steroid dienone is 2. The average molecular weight is 107 g/mol. The Bertz CT molecular complexity index is 136. The van der Waals surface area contributed by atoms with Crippen LogP contribution in [0.2, 0.25) is 0 Å². The minimum atomic E-state index is 1.68. The van der Waals surface area contributed by atoms with Gasteiger partial charge in [0.1, 0.15) is 0 Å². The van der Waals surface area contributed by atoms with Crippen molar-refractivity contribution in [2.75, 3.05) is 0 Å². The molecule has 0 spiro atoms. The monoisotopic (exact) mass is 107 g/mol. The van der Waals surface area contributed by atoms with Gasteiger partial charge in [0.2, 0.25) is 0 Å². The molecule has 0 unspecified atom stereocenters. The molecule has 0 aliphatic heterocycles. The molecule has 0 saturated heterocycles. The van der Waals surface area contributed by atoms with E-state index in [2.05, 4.69) is 17.3 Å². The first-order valence-electron chi connectivity index (χ1n) is 2.40. The molecule has 0 N–H and O–H groups in total. The Morgan fingerprint density at radius 3 is 2.88 bits per heavy atom. The molecule has 1 nitrogen and oxygen atoms in total. The predicted octanol–water partition coefficient (Wildman–Crippen LogP) is 1.93. The third-order valence-electron chi connectivity index (χ3n) is 0.535. The van der Waals surface area contributed by atoms with Crippen molar-refractivity contribution in [1.82, 2.24) is 0 Å². The van der Waals surface area contributed by atoms with Gasteiger partial charge in [-0.2, -0.15) is 0 Å². The van der Waals surface area contributed by atoms with E-state index in [1.54, 1.807) is 24.6 Å². The third-order valence-corrected chi connectivity index (χ3v) is 0.535. The van der Waals surface area contributed by atoms with Crippen LogP contribution in [0.1, 0.15) is 6.92 Å². The lowest BCUT2D eigenvalue weighted by Gasteiger charge is -1.66. The van der Waals surface area contributed by atoms with Crippen molar-refractivity contribution in [3.8, 4) is 0 Å². The molecule has 0 aromatic heterocycles. The van der Waals surface area contributed by atoms with Crippen molar-refractivity contribution in [3.63, 3.8) is 0 Å². The van der Waals surface area contributed by atoms with Gasteiger partial charge in [0.15, 0.2) is 0 Å². The van der Waals surface area contributed by atoms with E-state index in [9.17, 15) is 0 Å². The van der Waals surface area contributed by atoms with E-state index in [-0.39, 0.29) is 0 Å². The number of hydrogen-bond acceptors (Lipinski definition) is 1. The van der Waals surface area contributed by atoms with Gasteiger partial charge in [0.05, 0.1) is 0 Å². The summed E-state index contributed by atoms with van der Waals surface area (Å²) in [7, 11) is 0. The highest BCUT2D eigenvalue weighted by Crippen LogP contribution is 1.72. The number of rotatable bonds is 2. The van der Waals surface area contributed by atoms with Gasteiger partial charge < -0.3 is 0 Å². The molecule has 0 heterocycles. The van der Waals surface area contributed by atoms with Crippen molar-refractivity contribution in [1.29, 1.82) is 0 Å². The fraction of sp³-hybridized carbons (Fsp3) is 0.143. The molecule has 0 aromatic carbocycles. The molecule has 0 radical (unpaired) electrons. The highest BCUT2D eigenvalue weighted by molar-refractivity contribution is 5.54. The molecule has 0 aliphatic rings. The lowest BCUT2D eigenvalue weighted by atomic mass is 10.6. The molecule has 0 bridgehead atoms. The molecule has 0 amide bonds. The SMILES string of the molecule is C=C=C/C=C\N=CC. The van der Waals surface area contributed by atoms with Crippen molar-refractivity contribution in [2.45, 2.75) is 6.92 Å². The minimum Gasteiger partial charge on any atom is -0.269 e. The smallest absolute Gasteiger partial charge is 0.0269 e. The predicted molar refractivity (Wildman–Crippen MR) is 37.0 cm³/mol. The maximum absolute atomic E-state index is 3.80. The minimum absolute atomic E-state index is 1.68. The van der Waals surface area contributed by atoms with Crippen LogP contribution in [0.3, 0.4) is 0 Å². The van der Waals surface area contributed by atoms with Gasteiger partial charge >= 0.3 is 0 Å². The average Bonchev–Trinajstić information content (AvgIpc) is 1.81.